The first-order chi connectivity index (χ1) is 10.3. The summed E-state index contributed by atoms with van der Waals surface area (Å²) in [6.07, 6.45) is 3.95. The van der Waals surface area contributed by atoms with Crippen LogP contribution in [-0.2, 0) is 0 Å². The highest BCUT2D eigenvalue weighted by Crippen LogP contribution is 2.31. The van der Waals surface area contributed by atoms with Gasteiger partial charge in [0, 0.05) is 5.39 Å². The second-order valence-corrected chi connectivity index (χ2v) is 4.44. The molecule has 0 saturated heterocycles. The molecule has 2 heterocycles. The van der Waals surface area contributed by atoms with Gasteiger partial charge in [0.25, 0.3) is 0 Å². The van der Waals surface area contributed by atoms with Gasteiger partial charge in [-0.3, -0.25) is 0 Å². The molecule has 0 N–H and O–H groups in total. The van der Waals surface area contributed by atoms with Crippen molar-refractivity contribution in [3.8, 4) is 17.6 Å². The Hall–Kier alpha value is -2.94. The van der Waals surface area contributed by atoms with Gasteiger partial charge in [-0.2, -0.15) is 15.5 Å². The topological polar surface area (TPSA) is 76.6 Å². The highest BCUT2D eigenvalue weighted by atomic mass is 16.5. The van der Waals surface area contributed by atoms with E-state index in [1.807, 2.05) is 31.2 Å². The van der Waals surface area contributed by atoms with Gasteiger partial charge in [-0.1, -0.05) is 19.1 Å². The van der Waals surface area contributed by atoms with E-state index in [1.54, 1.807) is 12.4 Å². The van der Waals surface area contributed by atoms with Gasteiger partial charge >= 0.3 is 0 Å². The molecule has 0 radical (unpaired) electrons. The van der Waals surface area contributed by atoms with Crippen molar-refractivity contribution in [3.63, 3.8) is 0 Å². The van der Waals surface area contributed by atoms with Crippen LogP contribution in [0.4, 0.5) is 0 Å². The van der Waals surface area contributed by atoms with Crippen molar-refractivity contribution in [2.24, 2.45) is 0 Å². The highest BCUT2D eigenvalue weighted by Gasteiger charge is 2.18. The first-order valence-corrected chi connectivity index (χ1v) is 6.67. The molecule has 2 aromatic heterocycles. The predicted octanol–water partition coefficient (Wildman–Crippen LogP) is 2.48. The SMILES string of the molecule is CCCOc1c(C#N)c(-n2nccn2)nc2ccccc12. The maximum atomic E-state index is 9.52. The number of nitrogens with zero attached hydrogens (tertiary/aromatic N) is 5. The fourth-order valence-electron chi connectivity index (χ4n) is 2.09. The molecular weight excluding hydrogens is 266 g/mol. The van der Waals surface area contributed by atoms with Gasteiger partial charge in [-0.25, -0.2) is 4.98 Å². The van der Waals surface area contributed by atoms with Crippen LogP contribution in [0.2, 0.25) is 0 Å². The first kappa shape index (κ1) is 13.1. The zero-order valence-corrected chi connectivity index (χ0v) is 11.5. The third kappa shape index (κ3) is 2.30. The largest absolute Gasteiger partial charge is 0.491 e. The minimum absolute atomic E-state index is 0.346. The molecule has 0 aliphatic rings. The number of aromatic nitrogens is 4. The van der Waals surface area contributed by atoms with Gasteiger partial charge in [0.2, 0.25) is 0 Å². The summed E-state index contributed by atoms with van der Waals surface area (Å²) in [7, 11) is 0. The lowest BCUT2D eigenvalue weighted by molar-refractivity contribution is 0.320. The van der Waals surface area contributed by atoms with Crippen LogP contribution in [0.25, 0.3) is 16.7 Å². The van der Waals surface area contributed by atoms with Crippen molar-refractivity contribution in [1.82, 2.24) is 20.0 Å². The van der Waals surface area contributed by atoms with Gasteiger partial charge in [0.15, 0.2) is 5.82 Å². The summed E-state index contributed by atoms with van der Waals surface area (Å²) in [5.41, 5.74) is 1.09. The minimum atomic E-state index is 0.346. The number of nitriles is 1. The molecule has 104 valence electrons. The van der Waals surface area contributed by atoms with E-state index < -0.39 is 0 Å². The van der Waals surface area contributed by atoms with E-state index in [2.05, 4.69) is 21.3 Å². The van der Waals surface area contributed by atoms with Crippen LogP contribution in [0.3, 0.4) is 0 Å². The summed E-state index contributed by atoms with van der Waals surface area (Å²) >= 11 is 0. The average molecular weight is 279 g/mol. The smallest absolute Gasteiger partial charge is 0.196 e. The molecule has 21 heavy (non-hydrogen) atoms. The minimum Gasteiger partial charge on any atom is -0.491 e. The lowest BCUT2D eigenvalue weighted by Gasteiger charge is -2.12. The van der Waals surface area contributed by atoms with E-state index in [9.17, 15) is 5.26 Å². The fourth-order valence-corrected chi connectivity index (χ4v) is 2.09. The van der Waals surface area contributed by atoms with Crippen molar-refractivity contribution >= 4 is 10.9 Å². The van der Waals surface area contributed by atoms with E-state index in [0.29, 0.717) is 23.7 Å². The quantitative estimate of drug-likeness (QED) is 0.733. The monoisotopic (exact) mass is 279 g/mol. The van der Waals surface area contributed by atoms with E-state index in [-0.39, 0.29) is 0 Å². The number of hydrogen-bond donors (Lipinski definition) is 0. The summed E-state index contributed by atoms with van der Waals surface area (Å²) in [5, 5.41) is 18.5. The maximum Gasteiger partial charge on any atom is 0.196 e. The second kappa shape index (κ2) is 5.59. The molecule has 0 fully saturated rings. The number of para-hydroxylation sites is 1. The Balaban J connectivity index is 2.31. The molecular formula is C15H13N5O. The summed E-state index contributed by atoms with van der Waals surface area (Å²) in [6.45, 7) is 2.56. The van der Waals surface area contributed by atoms with Crippen molar-refractivity contribution in [1.29, 1.82) is 5.26 Å². The Bertz CT molecular complexity index is 805. The van der Waals surface area contributed by atoms with Crippen molar-refractivity contribution in [3.05, 3.63) is 42.2 Å². The molecule has 3 rings (SSSR count). The second-order valence-electron chi connectivity index (χ2n) is 4.44. The standard InChI is InChI=1S/C15H13N5O/c1-2-9-21-14-11-5-3-4-6-13(11)19-15(12(14)10-16)20-17-7-8-18-20/h3-8H,2,9H2,1H3. The predicted molar refractivity (Wildman–Crippen MR) is 77.2 cm³/mol. The number of benzene rings is 1. The van der Waals surface area contributed by atoms with Crippen molar-refractivity contribution in [2.45, 2.75) is 13.3 Å². The Morgan fingerprint density at radius 1 is 1.24 bits per heavy atom. The molecule has 6 heteroatoms. The molecule has 0 atom stereocenters. The number of hydrogen-bond acceptors (Lipinski definition) is 5. The first-order valence-electron chi connectivity index (χ1n) is 6.67. The molecule has 0 saturated carbocycles. The summed E-state index contributed by atoms with van der Waals surface area (Å²) < 4.78 is 5.80. The molecule has 6 nitrogen and oxygen atoms in total. The Morgan fingerprint density at radius 3 is 2.71 bits per heavy atom. The number of rotatable bonds is 4. The van der Waals surface area contributed by atoms with Crippen LogP contribution in [0.15, 0.2) is 36.7 Å². The lowest BCUT2D eigenvalue weighted by atomic mass is 10.1. The van der Waals surface area contributed by atoms with E-state index in [4.69, 9.17) is 4.74 Å². The van der Waals surface area contributed by atoms with Crippen LogP contribution in [-0.4, -0.2) is 26.6 Å². The fraction of sp³-hybridized carbons (Fsp3) is 0.200. The third-order valence-corrected chi connectivity index (χ3v) is 3.00. The average Bonchev–Trinajstić information content (AvgIpc) is 3.05. The Morgan fingerprint density at radius 2 is 2.00 bits per heavy atom. The van der Waals surface area contributed by atoms with E-state index in [0.717, 1.165) is 17.3 Å². The molecule has 0 aliphatic carbocycles. The molecule has 1 aromatic carbocycles. The number of pyridine rings is 1. The van der Waals surface area contributed by atoms with Crippen LogP contribution in [0, 0.1) is 11.3 Å². The van der Waals surface area contributed by atoms with Crippen LogP contribution < -0.4 is 4.74 Å². The third-order valence-electron chi connectivity index (χ3n) is 3.00. The van der Waals surface area contributed by atoms with Gasteiger partial charge in [0.1, 0.15) is 17.4 Å². The van der Waals surface area contributed by atoms with Crippen molar-refractivity contribution in [2.75, 3.05) is 6.61 Å². The number of ether oxygens (including phenoxy) is 1. The normalized spacial score (nSPS) is 10.5. The van der Waals surface area contributed by atoms with E-state index >= 15 is 0 Å². The highest BCUT2D eigenvalue weighted by molar-refractivity contribution is 5.89. The van der Waals surface area contributed by atoms with Crippen LogP contribution in [0.1, 0.15) is 18.9 Å². The van der Waals surface area contributed by atoms with Crippen LogP contribution >= 0.6 is 0 Å². The zero-order valence-electron chi connectivity index (χ0n) is 11.5. The summed E-state index contributed by atoms with van der Waals surface area (Å²) in [5.74, 6) is 0.921. The van der Waals surface area contributed by atoms with Crippen LogP contribution in [0.5, 0.6) is 5.75 Å². The van der Waals surface area contributed by atoms with Gasteiger partial charge < -0.3 is 4.74 Å². The molecule has 0 aliphatic heterocycles. The summed E-state index contributed by atoms with van der Waals surface area (Å²) in [4.78, 5) is 5.83. The molecule has 0 bridgehead atoms. The molecule has 3 aromatic rings. The molecule has 0 spiro atoms. The Kier molecular flexibility index (Phi) is 3.48. The molecule has 0 unspecified atom stereocenters. The van der Waals surface area contributed by atoms with Gasteiger partial charge in [-0.15, -0.1) is 4.80 Å². The van der Waals surface area contributed by atoms with Gasteiger partial charge in [0.05, 0.1) is 24.5 Å². The van der Waals surface area contributed by atoms with Crippen molar-refractivity contribution < 1.29 is 4.74 Å². The maximum absolute atomic E-state index is 9.52. The lowest BCUT2D eigenvalue weighted by Crippen LogP contribution is -2.08. The Labute approximate surface area is 121 Å². The zero-order chi connectivity index (χ0) is 14.7. The number of fused-ring (bicyclic) bond motifs is 1. The van der Waals surface area contributed by atoms with Gasteiger partial charge in [-0.05, 0) is 18.6 Å². The van der Waals surface area contributed by atoms with E-state index in [1.165, 1.54) is 4.80 Å². The molecule has 0 amide bonds. The summed E-state index contributed by atoms with van der Waals surface area (Å²) in [6, 6.07) is 9.73.